The molecule has 7 nitrogen and oxygen atoms in total. The Morgan fingerprint density at radius 2 is 1.44 bits per heavy atom. The van der Waals surface area contributed by atoms with E-state index in [1.54, 1.807) is 36.4 Å². The first-order chi connectivity index (χ1) is 13.1. The molecule has 0 amide bonds. The van der Waals surface area contributed by atoms with Crippen molar-refractivity contribution in [1.29, 1.82) is 0 Å². The first kappa shape index (κ1) is 18.3. The fourth-order valence-electron chi connectivity index (χ4n) is 2.19. The van der Waals surface area contributed by atoms with Crippen molar-refractivity contribution in [3.05, 3.63) is 99.6 Å². The average Bonchev–Trinajstić information content (AvgIpc) is 2.70. The summed E-state index contributed by atoms with van der Waals surface area (Å²) in [6, 6.07) is 22.2. The Balaban J connectivity index is 1.91. The van der Waals surface area contributed by atoms with Gasteiger partial charge in [0, 0.05) is 17.7 Å². The summed E-state index contributed by atoms with van der Waals surface area (Å²) in [5.74, 6) is 0. The Bertz CT molecular complexity index is 975. The summed E-state index contributed by atoms with van der Waals surface area (Å²) in [5, 5.41) is 28.1. The minimum Gasteiger partial charge on any atom is -0.258 e. The van der Waals surface area contributed by atoms with Gasteiger partial charge in [-0.15, -0.1) is 0 Å². The molecule has 3 aromatic carbocycles. The van der Waals surface area contributed by atoms with Crippen LogP contribution in [0.5, 0.6) is 0 Å². The van der Waals surface area contributed by atoms with Crippen LogP contribution in [0.4, 0.5) is 17.1 Å². The molecule has 0 aliphatic rings. The second-order valence-electron chi connectivity index (χ2n) is 5.44. The van der Waals surface area contributed by atoms with E-state index in [0.29, 0.717) is 22.0 Å². The van der Waals surface area contributed by atoms with Crippen LogP contribution in [-0.4, -0.2) is 4.92 Å². The van der Waals surface area contributed by atoms with E-state index in [1.807, 2.05) is 30.3 Å². The Hall–Kier alpha value is -3.45. The molecular weight excluding hydrogens is 366 g/mol. The maximum absolute atomic E-state index is 10.8. The topological polar surface area (TPSA) is 92.6 Å². The highest BCUT2D eigenvalue weighted by molar-refractivity contribution is 6.32. The summed E-state index contributed by atoms with van der Waals surface area (Å²) in [5.41, 5.74) is 1.77. The normalized spacial score (nSPS) is 12.5. The second kappa shape index (κ2) is 8.77. The molecule has 1 atom stereocenters. The molecule has 0 N–H and O–H groups in total. The van der Waals surface area contributed by atoms with Crippen molar-refractivity contribution in [2.45, 2.75) is 6.17 Å². The van der Waals surface area contributed by atoms with Gasteiger partial charge in [0.15, 0.2) is 0 Å². The Kier molecular flexibility index (Phi) is 5.96. The van der Waals surface area contributed by atoms with E-state index < -0.39 is 11.1 Å². The lowest BCUT2D eigenvalue weighted by Gasteiger charge is -2.06. The quantitative estimate of drug-likeness (QED) is 0.267. The third-order valence-electron chi connectivity index (χ3n) is 3.57. The number of halogens is 1. The van der Waals surface area contributed by atoms with Crippen LogP contribution in [0.25, 0.3) is 0 Å². The van der Waals surface area contributed by atoms with Gasteiger partial charge in [0.25, 0.3) is 5.69 Å². The Morgan fingerprint density at radius 1 is 0.815 bits per heavy atom. The highest BCUT2D eigenvalue weighted by Crippen LogP contribution is 2.29. The maximum atomic E-state index is 10.8. The minimum absolute atomic E-state index is 0.0134. The molecule has 0 spiro atoms. The summed E-state index contributed by atoms with van der Waals surface area (Å²) in [6.07, 6.45) is -0.762. The maximum Gasteiger partial charge on any atom is 0.269 e. The van der Waals surface area contributed by atoms with Crippen molar-refractivity contribution in [2.75, 3.05) is 0 Å². The van der Waals surface area contributed by atoms with Crippen molar-refractivity contribution >= 4 is 28.7 Å². The van der Waals surface area contributed by atoms with Gasteiger partial charge in [0.2, 0.25) is 6.17 Å². The average molecular weight is 380 g/mol. The lowest BCUT2D eigenvalue weighted by Crippen LogP contribution is -1.93. The molecule has 1 unspecified atom stereocenters. The summed E-state index contributed by atoms with van der Waals surface area (Å²) in [7, 11) is 0. The molecule has 0 saturated heterocycles. The van der Waals surface area contributed by atoms with Crippen LogP contribution in [0.2, 0.25) is 5.02 Å². The SMILES string of the molecule is O=[N+]([O-])c1ccc(C(N=Nc2ccccc2)N=Nc2ccccc2Cl)cc1. The summed E-state index contributed by atoms with van der Waals surface area (Å²) < 4.78 is 0. The summed E-state index contributed by atoms with van der Waals surface area (Å²) in [4.78, 5) is 10.4. The van der Waals surface area contributed by atoms with Crippen LogP contribution >= 0.6 is 11.6 Å². The Labute approximate surface area is 160 Å². The first-order valence-electron chi connectivity index (χ1n) is 7.99. The molecule has 0 saturated carbocycles. The second-order valence-corrected chi connectivity index (χ2v) is 5.85. The number of non-ortho nitro benzene ring substituents is 1. The van der Waals surface area contributed by atoms with E-state index in [4.69, 9.17) is 11.6 Å². The van der Waals surface area contributed by atoms with E-state index in [-0.39, 0.29) is 5.69 Å². The zero-order valence-corrected chi connectivity index (χ0v) is 14.8. The lowest BCUT2D eigenvalue weighted by molar-refractivity contribution is -0.384. The van der Waals surface area contributed by atoms with E-state index in [0.717, 1.165) is 0 Å². The number of rotatable bonds is 6. The number of benzene rings is 3. The molecule has 3 rings (SSSR count). The molecule has 3 aromatic rings. The van der Waals surface area contributed by atoms with E-state index in [2.05, 4.69) is 20.5 Å². The Morgan fingerprint density at radius 3 is 2.11 bits per heavy atom. The predicted octanol–water partition coefficient (Wildman–Crippen LogP) is 6.81. The zero-order valence-electron chi connectivity index (χ0n) is 14.0. The van der Waals surface area contributed by atoms with Crippen LogP contribution in [0, 0.1) is 10.1 Å². The van der Waals surface area contributed by atoms with Crippen molar-refractivity contribution in [2.24, 2.45) is 20.5 Å². The molecule has 0 bridgehead atoms. The predicted molar refractivity (Wildman–Crippen MR) is 103 cm³/mol. The molecule has 8 heteroatoms. The lowest BCUT2D eigenvalue weighted by atomic mass is 10.2. The number of nitro benzene ring substituents is 1. The van der Waals surface area contributed by atoms with Crippen molar-refractivity contribution in [3.63, 3.8) is 0 Å². The number of hydrogen-bond acceptors (Lipinski definition) is 6. The number of nitro groups is 1. The van der Waals surface area contributed by atoms with Crippen molar-refractivity contribution in [3.8, 4) is 0 Å². The third-order valence-corrected chi connectivity index (χ3v) is 3.89. The zero-order chi connectivity index (χ0) is 19.1. The highest BCUT2D eigenvalue weighted by atomic mass is 35.5. The smallest absolute Gasteiger partial charge is 0.258 e. The van der Waals surface area contributed by atoms with Gasteiger partial charge in [-0.25, -0.2) is 0 Å². The monoisotopic (exact) mass is 379 g/mol. The highest BCUT2D eigenvalue weighted by Gasteiger charge is 2.12. The van der Waals surface area contributed by atoms with Crippen LogP contribution < -0.4 is 0 Å². The number of hydrogen-bond donors (Lipinski definition) is 0. The molecule has 0 heterocycles. The van der Waals surface area contributed by atoms with Gasteiger partial charge in [-0.3, -0.25) is 10.1 Å². The van der Waals surface area contributed by atoms with Gasteiger partial charge in [-0.2, -0.15) is 20.5 Å². The molecule has 0 aromatic heterocycles. The molecule has 0 fully saturated rings. The van der Waals surface area contributed by atoms with Gasteiger partial charge in [0.1, 0.15) is 5.69 Å². The number of nitrogens with zero attached hydrogens (tertiary/aromatic N) is 5. The first-order valence-corrected chi connectivity index (χ1v) is 8.37. The number of azo groups is 2. The fourth-order valence-corrected chi connectivity index (χ4v) is 2.36. The fraction of sp³-hybridized carbons (Fsp3) is 0.0526. The van der Waals surface area contributed by atoms with Gasteiger partial charge < -0.3 is 0 Å². The molecule has 27 heavy (non-hydrogen) atoms. The van der Waals surface area contributed by atoms with Gasteiger partial charge >= 0.3 is 0 Å². The molecule has 0 aliphatic heterocycles. The van der Waals surface area contributed by atoms with E-state index in [9.17, 15) is 10.1 Å². The standard InChI is InChI=1S/C19H14ClN5O2/c20-17-8-4-5-9-18(17)22-24-19(23-21-15-6-2-1-3-7-15)14-10-12-16(13-11-14)25(26)27/h1-13,19H. The third kappa shape index (κ3) is 5.02. The molecule has 0 aliphatic carbocycles. The largest absolute Gasteiger partial charge is 0.269 e. The van der Waals surface area contributed by atoms with Gasteiger partial charge in [-0.05, 0) is 36.4 Å². The van der Waals surface area contributed by atoms with Gasteiger partial charge in [-0.1, -0.05) is 41.9 Å². The van der Waals surface area contributed by atoms with Crippen molar-refractivity contribution < 1.29 is 4.92 Å². The van der Waals surface area contributed by atoms with E-state index in [1.165, 1.54) is 12.1 Å². The minimum atomic E-state index is -0.762. The molecule has 134 valence electrons. The summed E-state index contributed by atoms with van der Waals surface area (Å²) >= 11 is 6.10. The molecular formula is C19H14ClN5O2. The van der Waals surface area contributed by atoms with Gasteiger partial charge in [0.05, 0.1) is 15.6 Å². The summed E-state index contributed by atoms with van der Waals surface area (Å²) in [6.45, 7) is 0. The van der Waals surface area contributed by atoms with Crippen LogP contribution in [0.15, 0.2) is 99.3 Å². The van der Waals surface area contributed by atoms with Crippen LogP contribution in [0.1, 0.15) is 11.7 Å². The molecule has 0 radical (unpaired) electrons. The van der Waals surface area contributed by atoms with Crippen molar-refractivity contribution in [1.82, 2.24) is 0 Å². The van der Waals surface area contributed by atoms with Crippen LogP contribution in [-0.2, 0) is 0 Å². The van der Waals surface area contributed by atoms with E-state index >= 15 is 0 Å². The van der Waals surface area contributed by atoms with Crippen LogP contribution in [0.3, 0.4) is 0 Å².